The molecule has 0 saturated heterocycles. The zero-order valence-electron chi connectivity index (χ0n) is 13.5. The van der Waals surface area contributed by atoms with E-state index in [1.165, 1.54) is 26.4 Å². The van der Waals surface area contributed by atoms with E-state index < -0.39 is 15.7 Å². The largest absolute Gasteiger partial charge is 0.497 e. The van der Waals surface area contributed by atoms with E-state index in [9.17, 15) is 13.2 Å². The molecule has 0 unspecified atom stereocenters. The third kappa shape index (κ3) is 4.48. The molecule has 0 radical (unpaired) electrons. The molecular weight excluding hydrogens is 330 g/mol. The zero-order valence-corrected chi connectivity index (χ0v) is 14.3. The number of sulfone groups is 1. The van der Waals surface area contributed by atoms with Gasteiger partial charge in [-0.2, -0.15) is 0 Å². The molecule has 2 aromatic carbocycles. The van der Waals surface area contributed by atoms with Gasteiger partial charge in [-0.05, 0) is 24.3 Å². The monoisotopic (exact) mass is 349 g/mol. The molecule has 0 spiro atoms. The summed E-state index contributed by atoms with van der Waals surface area (Å²) >= 11 is 0. The van der Waals surface area contributed by atoms with Crippen LogP contribution in [0.2, 0.25) is 0 Å². The van der Waals surface area contributed by atoms with E-state index >= 15 is 0 Å². The predicted molar refractivity (Wildman–Crippen MR) is 90.4 cm³/mol. The van der Waals surface area contributed by atoms with Crippen molar-refractivity contribution in [1.29, 1.82) is 0 Å². The molecule has 0 fully saturated rings. The lowest BCUT2D eigenvalue weighted by molar-refractivity contribution is 0.0955. The number of carbonyl (C=O) groups is 1. The van der Waals surface area contributed by atoms with Crippen molar-refractivity contribution in [3.05, 3.63) is 54.1 Å². The maximum absolute atomic E-state index is 12.2. The first kappa shape index (κ1) is 17.8. The Morgan fingerprint density at radius 3 is 2.12 bits per heavy atom. The van der Waals surface area contributed by atoms with Crippen LogP contribution in [0.1, 0.15) is 10.4 Å². The summed E-state index contributed by atoms with van der Waals surface area (Å²) in [6.45, 7) is 0.00951. The maximum Gasteiger partial charge on any atom is 0.251 e. The topological polar surface area (TPSA) is 81.7 Å². The van der Waals surface area contributed by atoms with E-state index in [4.69, 9.17) is 9.47 Å². The van der Waals surface area contributed by atoms with Gasteiger partial charge in [-0.1, -0.05) is 18.2 Å². The van der Waals surface area contributed by atoms with Crippen LogP contribution in [-0.4, -0.2) is 40.8 Å². The van der Waals surface area contributed by atoms with Gasteiger partial charge in [0.25, 0.3) is 5.91 Å². The first-order valence-corrected chi connectivity index (χ1v) is 8.90. The summed E-state index contributed by atoms with van der Waals surface area (Å²) in [5.41, 5.74) is 0.336. The quantitative estimate of drug-likeness (QED) is 0.826. The van der Waals surface area contributed by atoms with Crippen molar-refractivity contribution in [2.75, 3.05) is 26.5 Å². The number of rotatable bonds is 7. The molecule has 0 atom stereocenters. The second kappa shape index (κ2) is 7.83. The molecule has 1 N–H and O–H groups in total. The van der Waals surface area contributed by atoms with Gasteiger partial charge in [-0.3, -0.25) is 4.79 Å². The highest BCUT2D eigenvalue weighted by molar-refractivity contribution is 7.91. The van der Waals surface area contributed by atoms with E-state index in [-0.39, 0.29) is 17.2 Å². The van der Waals surface area contributed by atoms with E-state index in [1.54, 1.807) is 36.4 Å². The van der Waals surface area contributed by atoms with Crippen LogP contribution in [0.3, 0.4) is 0 Å². The van der Waals surface area contributed by atoms with E-state index in [1.807, 2.05) is 0 Å². The lowest BCUT2D eigenvalue weighted by Crippen LogP contribution is -2.29. The van der Waals surface area contributed by atoms with Crippen LogP contribution in [0, 0.1) is 0 Å². The van der Waals surface area contributed by atoms with Crippen molar-refractivity contribution >= 4 is 15.7 Å². The molecule has 24 heavy (non-hydrogen) atoms. The third-order valence-corrected chi connectivity index (χ3v) is 5.10. The van der Waals surface area contributed by atoms with Crippen molar-refractivity contribution < 1.29 is 22.7 Å². The normalized spacial score (nSPS) is 10.9. The van der Waals surface area contributed by atoms with Crippen LogP contribution in [0.25, 0.3) is 0 Å². The fraction of sp³-hybridized carbons (Fsp3) is 0.235. The lowest BCUT2D eigenvalue weighted by atomic mass is 10.2. The Morgan fingerprint density at radius 1 is 1.00 bits per heavy atom. The van der Waals surface area contributed by atoms with Crippen LogP contribution in [0.5, 0.6) is 11.5 Å². The van der Waals surface area contributed by atoms with Gasteiger partial charge in [0.05, 0.1) is 24.9 Å². The maximum atomic E-state index is 12.2. The molecular formula is C17H19NO5S. The van der Waals surface area contributed by atoms with E-state index in [0.717, 1.165) is 0 Å². The van der Waals surface area contributed by atoms with Gasteiger partial charge in [-0.25, -0.2) is 8.42 Å². The summed E-state index contributed by atoms with van der Waals surface area (Å²) in [6, 6.07) is 12.9. The van der Waals surface area contributed by atoms with Crippen LogP contribution >= 0.6 is 0 Å². The number of carbonyl (C=O) groups excluding carboxylic acids is 1. The van der Waals surface area contributed by atoms with E-state index in [0.29, 0.717) is 17.1 Å². The fourth-order valence-electron chi connectivity index (χ4n) is 2.09. The molecule has 0 bridgehead atoms. The Labute approximate surface area is 141 Å². The van der Waals surface area contributed by atoms with Crippen LogP contribution in [0.15, 0.2) is 53.4 Å². The Bertz CT molecular complexity index is 781. The highest BCUT2D eigenvalue weighted by Gasteiger charge is 2.15. The molecule has 2 rings (SSSR count). The third-order valence-electron chi connectivity index (χ3n) is 3.37. The molecule has 1 amide bonds. The summed E-state index contributed by atoms with van der Waals surface area (Å²) in [4.78, 5) is 12.4. The molecule has 0 heterocycles. The average molecular weight is 349 g/mol. The minimum atomic E-state index is -3.43. The summed E-state index contributed by atoms with van der Waals surface area (Å²) in [7, 11) is -0.450. The SMILES string of the molecule is COc1cc(OC)cc(C(=O)NCCS(=O)(=O)c2ccccc2)c1. The molecule has 2 aromatic rings. The molecule has 0 aliphatic heterocycles. The van der Waals surface area contributed by atoms with Crippen molar-refractivity contribution in [3.63, 3.8) is 0 Å². The average Bonchev–Trinajstić information content (AvgIpc) is 2.61. The number of nitrogens with one attached hydrogen (secondary N) is 1. The molecule has 128 valence electrons. The Kier molecular flexibility index (Phi) is 5.81. The summed E-state index contributed by atoms with van der Waals surface area (Å²) in [5, 5.41) is 2.60. The number of methoxy groups -OCH3 is 2. The number of benzene rings is 2. The summed E-state index contributed by atoms with van der Waals surface area (Å²) in [6.07, 6.45) is 0. The zero-order chi connectivity index (χ0) is 17.6. The Balaban J connectivity index is 2.01. The molecule has 0 aliphatic rings. The summed E-state index contributed by atoms with van der Waals surface area (Å²) in [5.74, 6) is 0.396. The van der Waals surface area contributed by atoms with Crippen LogP contribution in [0.4, 0.5) is 0 Å². The van der Waals surface area contributed by atoms with Gasteiger partial charge in [0, 0.05) is 18.2 Å². The Hall–Kier alpha value is -2.54. The standard InChI is InChI=1S/C17H19NO5S/c1-22-14-10-13(11-15(12-14)23-2)17(19)18-8-9-24(20,21)16-6-4-3-5-7-16/h3-7,10-12H,8-9H2,1-2H3,(H,18,19). The van der Waals surface area contributed by atoms with Gasteiger partial charge >= 0.3 is 0 Å². The first-order valence-electron chi connectivity index (χ1n) is 7.25. The molecule has 0 aromatic heterocycles. The minimum absolute atomic E-state index is 0.00951. The molecule has 0 saturated carbocycles. The summed E-state index contributed by atoms with van der Waals surface area (Å²) < 4.78 is 34.5. The smallest absolute Gasteiger partial charge is 0.251 e. The molecule has 6 nitrogen and oxygen atoms in total. The van der Waals surface area contributed by atoms with Crippen molar-refractivity contribution in [2.24, 2.45) is 0 Å². The van der Waals surface area contributed by atoms with Gasteiger partial charge in [0.15, 0.2) is 9.84 Å². The lowest BCUT2D eigenvalue weighted by Gasteiger charge is -2.09. The minimum Gasteiger partial charge on any atom is -0.497 e. The number of ether oxygens (including phenoxy) is 2. The number of hydrogen-bond acceptors (Lipinski definition) is 5. The van der Waals surface area contributed by atoms with Crippen molar-refractivity contribution in [1.82, 2.24) is 5.32 Å². The van der Waals surface area contributed by atoms with Gasteiger partial charge in [0.2, 0.25) is 0 Å². The highest BCUT2D eigenvalue weighted by atomic mass is 32.2. The predicted octanol–water partition coefficient (Wildman–Crippen LogP) is 1.91. The number of amides is 1. The molecule has 0 aliphatic carbocycles. The second-order valence-corrected chi connectivity index (χ2v) is 7.10. The number of hydrogen-bond donors (Lipinski definition) is 1. The van der Waals surface area contributed by atoms with E-state index in [2.05, 4.69) is 5.32 Å². The molecule has 7 heteroatoms. The first-order chi connectivity index (χ1) is 11.5. The Morgan fingerprint density at radius 2 is 1.58 bits per heavy atom. The van der Waals surface area contributed by atoms with Crippen LogP contribution < -0.4 is 14.8 Å². The second-order valence-electron chi connectivity index (χ2n) is 4.99. The fourth-order valence-corrected chi connectivity index (χ4v) is 3.26. The van der Waals surface area contributed by atoms with Crippen molar-refractivity contribution in [3.8, 4) is 11.5 Å². The highest BCUT2D eigenvalue weighted by Crippen LogP contribution is 2.22. The van der Waals surface area contributed by atoms with Crippen LogP contribution in [-0.2, 0) is 9.84 Å². The van der Waals surface area contributed by atoms with Gasteiger partial charge in [-0.15, -0.1) is 0 Å². The van der Waals surface area contributed by atoms with Gasteiger partial charge < -0.3 is 14.8 Å². The van der Waals surface area contributed by atoms with Crippen molar-refractivity contribution in [2.45, 2.75) is 4.90 Å². The van der Waals surface area contributed by atoms with Gasteiger partial charge in [0.1, 0.15) is 11.5 Å².